The lowest BCUT2D eigenvalue weighted by atomic mass is 9.95. The van der Waals surface area contributed by atoms with Crippen molar-refractivity contribution < 1.29 is 14.9 Å². The van der Waals surface area contributed by atoms with E-state index in [4.69, 9.17) is 14.9 Å². The third-order valence-corrected chi connectivity index (χ3v) is 2.43. The van der Waals surface area contributed by atoms with E-state index >= 15 is 0 Å². The Hall–Kier alpha value is -1.39. The maximum Gasteiger partial charge on any atom is 0.119 e. The summed E-state index contributed by atoms with van der Waals surface area (Å²) in [6.07, 6.45) is 1.78. The minimum atomic E-state index is -0.180. The molecule has 4 heteroatoms. The van der Waals surface area contributed by atoms with Gasteiger partial charge in [0.25, 0.3) is 0 Å². The standard InChI is InChI=1S/C14H21NO3/c1-14(2,11-17)10-15-9-12-3-5-13(6-4-12)18-8-7-16/h3-6,9,16-17H,7-8,10-11H2,1-2H3/b15-9+. The normalized spacial score (nSPS) is 12.0. The minimum Gasteiger partial charge on any atom is -0.491 e. The Morgan fingerprint density at radius 2 is 1.89 bits per heavy atom. The first-order valence-electron chi connectivity index (χ1n) is 6.02. The second-order valence-electron chi connectivity index (χ2n) is 4.93. The number of aliphatic hydroxyl groups is 2. The van der Waals surface area contributed by atoms with Gasteiger partial charge in [0.1, 0.15) is 12.4 Å². The molecule has 4 nitrogen and oxygen atoms in total. The molecule has 1 rings (SSSR count). The summed E-state index contributed by atoms with van der Waals surface area (Å²) < 4.78 is 5.26. The topological polar surface area (TPSA) is 62.1 Å². The van der Waals surface area contributed by atoms with Crippen molar-refractivity contribution in [2.45, 2.75) is 13.8 Å². The third kappa shape index (κ3) is 5.29. The predicted molar refractivity (Wildman–Crippen MR) is 72.4 cm³/mol. The Morgan fingerprint density at radius 1 is 1.22 bits per heavy atom. The molecule has 0 saturated carbocycles. The van der Waals surface area contributed by atoms with Gasteiger partial charge >= 0.3 is 0 Å². The molecule has 0 saturated heterocycles. The van der Waals surface area contributed by atoms with E-state index in [0.717, 1.165) is 11.3 Å². The molecule has 1 aromatic rings. The third-order valence-electron chi connectivity index (χ3n) is 2.43. The number of nitrogens with zero attached hydrogens (tertiary/aromatic N) is 1. The van der Waals surface area contributed by atoms with E-state index in [0.29, 0.717) is 13.2 Å². The van der Waals surface area contributed by atoms with Gasteiger partial charge in [0.2, 0.25) is 0 Å². The summed E-state index contributed by atoms with van der Waals surface area (Å²) in [6, 6.07) is 7.49. The van der Waals surface area contributed by atoms with E-state index in [-0.39, 0.29) is 18.6 Å². The van der Waals surface area contributed by atoms with Gasteiger partial charge < -0.3 is 14.9 Å². The molecule has 0 atom stereocenters. The van der Waals surface area contributed by atoms with Crippen LogP contribution in [0.3, 0.4) is 0 Å². The van der Waals surface area contributed by atoms with Crippen molar-refractivity contribution in [2.75, 3.05) is 26.4 Å². The molecule has 0 amide bonds. The quantitative estimate of drug-likeness (QED) is 0.722. The summed E-state index contributed by atoms with van der Waals surface area (Å²) in [7, 11) is 0. The lowest BCUT2D eigenvalue weighted by molar-refractivity contribution is 0.167. The lowest BCUT2D eigenvalue weighted by Crippen LogP contribution is -2.20. The van der Waals surface area contributed by atoms with Gasteiger partial charge in [-0.3, -0.25) is 4.99 Å². The van der Waals surface area contributed by atoms with Crippen LogP contribution in [-0.2, 0) is 0 Å². The minimum absolute atomic E-state index is 0.0133. The van der Waals surface area contributed by atoms with Crippen LogP contribution in [-0.4, -0.2) is 42.8 Å². The molecule has 0 fully saturated rings. The van der Waals surface area contributed by atoms with Gasteiger partial charge in [-0.2, -0.15) is 0 Å². The van der Waals surface area contributed by atoms with Gasteiger partial charge in [-0.15, -0.1) is 0 Å². The fourth-order valence-corrected chi connectivity index (χ4v) is 1.26. The number of hydrogen-bond donors (Lipinski definition) is 2. The van der Waals surface area contributed by atoms with Gasteiger partial charge in [0, 0.05) is 24.8 Å². The Morgan fingerprint density at radius 3 is 2.44 bits per heavy atom. The molecule has 0 heterocycles. The Balaban J connectivity index is 2.50. The van der Waals surface area contributed by atoms with Crippen molar-refractivity contribution in [1.29, 1.82) is 0 Å². The number of hydrogen-bond acceptors (Lipinski definition) is 4. The second-order valence-corrected chi connectivity index (χ2v) is 4.93. The number of aliphatic hydroxyl groups excluding tert-OH is 2. The SMILES string of the molecule is CC(C)(CO)C/N=C/c1ccc(OCCO)cc1. The zero-order valence-electron chi connectivity index (χ0n) is 11.0. The maximum atomic E-state index is 9.10. The van der Waals surface area contributed by atoms with Crippen LogP contribution in [0.1, 0.15) is 19.4 Å². The molecule has 0 bridgehead atoms. The summed E-state index contributed by atoms with van der Waals surface area (Å²) >= 11 is 0. The highest BCUT2D eigenvalue weighted by Gasteiger charge is 2.14. The van der Waals surface area contributed by atoms with Crippen molar-refractivity contribution in [3.63, 3.8) is 0 Å². The van der Waals surface area contributed by atoms with Crippen molar-refractivity contribution >= 4 is 6.21 Å². The predicted octanol–water partition coefficient (Wildman–Crippen LogP) is 1.50. The molecular weight excluding hydrogens is 230 g/mol. The second kappa shape index (κ2) is 7.13. The van der Waals surface area contributed by atoms with E-state index in [9.17, 15) is 0 Å². The van der Waals surface area contributed by atoms with Crippen molar-refractivity contribution in [3.8, 4) is 5.75 Å². The van der Waals surface area contributed by atoms with Gasteiger partial charge in [-0.25, -0.2) is 0 Å². The molecular formula is C14H21NO3. The Bertz CT molecular complexity index is 371. The smallest absolute Gasteiger partial charge is 0.119 e. The van der Waals surface area contributed by atoms with E-state index < -0.39 is 0 Å². The van der Waals surface area contributed by atoms with Crippen LogP contribution in [0.2, 0.25) is 0 Å². The summed E-state index contributed by atoms with van der Waals surface area (Å²) in [5.41, 5.74) is 0.806. The number of rotatable bonds is 7. The summed E-state index contributed by atoms with van der Waals surface area (Å²) in [5.74, 6) is 0.733. The molecule has 2 N–H and O–H groups in total. The molecule has 0 aliphatic rings. The first-order valence-corrected chi connectivity index (χ1v) is 6.02. The van der Waals surface area contributed by atoms with E-state index in [2.05, 4.69) is 4.99 Å². The number of aliphatic imine (C=N–C) groups is 1. The van der Waals surface area contributed by atoms with Crippen LogP contribution in [0.5, 0.6) is 5.75 Å². The number of ether oxygens (including phenoxy) is 1. The maximum absolute atomic E-state index is 9.10. The van der Waals surface area contributed by atoms with Crippen LogP contribution in [0, 0.1) is 5.41 Å². The fraction of sp³-hybridized carbons (Fsp3) is 0.500. The molecule has 0 radical (unpaired) electrons. The molecule has 0 aliphatic heterocycles. The van der Waals surface area contributed by atoms with E-state index in [1.165, 1.54) is 0 Å². The average Bonchev–Trinajstić information content (AvgIpc) is 2.38. The van der Waals surface area contributed by atoms with Crippen LogP contribution in [0.15, 0.2) is 29.3 Å². The molecule has 1 aromatic carbocycles. The highest BCUT2D eigenvalue weighted by Crippen LogP contribution is 2.14. The first kappa shape index (κ1) is 14.7. The van der Waals surface area contributed by atoms with E-state index in [1.54, 1.807) is 6.21 Å². The van der Waals surface area contributed by atoms with Gasteiger partial charge in [0.15, 0.2) is 0 Å². The highest BCUT2D eigenvalue weighted by atomic mass is 16.5. The molecule has 0 spiro atoms. The summed E-state index contributed by atoms with van der Waals surface area (Å²) in [4.78, 5) is 4.31. The van der Waals surface area contributed by atoms with Gasteiger partial charge in [-0.05, 0) is 29.8 Å². The molecule has 0 aromatic heterocycles. The summed E-state index contributed by atoms with van der Waals surface area (Å²) in [6.45, 7) is 4.97. The Labute approximate surface area is 108 Å². The van der Waals surface area contributed by atoms with Crippen LogP contribution < -0.4 is 4.74 Å². The van der Waals surface area contributed by atoms with Crippen molar-refractivity contribution in [1.82, 2.24) is 0 Å². The first-order chi connectivity index (χ1) is 8.57. The van der Waals surface area contributed by atoms with E-state index in [1.807, 2.05) is 38.1 Å². The monoisotopic (exact) mass is 251 g/mol. The van der Waals surface area contributed by atoms with Gasteiger partial charge in [-0.1, -0.05) is 13.8 Å². The molecule has 18 heavy (non-hydrogen) atoms. The summed E-state index contributed by atoms with van der Waals surface area (Å²) in [5, 5.41) is 17.7. The number of benzene rings is 1. The van der Waals surface area contributed by atoms with Crippen molar-refractivity contribution in [2.24, 2.45) is 10.4 Å². The fourth-order valence-electron chi connectivity index (χ4n) is 1.26. The lowest BCUT2D eigenvalue weighted by Gasteiger charge is -2.17. The Kier molecular flexibility index (Phi) is 5.82. The largest absolute Gasteiger partial charge is 0.491 e. The zero-order valence-corrected chi connectivity index (χ0v) is 11.0. The van der Waals surface area contributed by atoms with Gasteiger partial charge in [0.05, 0.1) is 6.61 Å². The van der Waals surface area contributed by atoms with Crippen LogP contribution in [0.4, 0.5) is 0 Å². The van der Waals surface area contributed by atoms with Crippen LogP contribution in [0.25, 0.3) is 0 Å². The highest BCUT2D eigenvalue weighted by molar-refractivity contribution is 5.79. The van der Waals surface area contributed by atoms with Crippen molar-refractivity contribution in [3.05, 3.63) is 29.8 Å². The molecule has 0 aliphatic carbocycles. The molecule has 100 valence electrons. The zero-order chi connectivity index (χ0) is 13.4. The average molecular weight is 251 g/mol. The van der Waals surface area contributed by atoms with Crippen LogP contribution >= 0.6 is 0 Å². The molecule has 0 unspecified atom stereocenters.